The van der Waals surface area contributed by atoms with Crippen LogP contribution in [0.3, 0.4) is 0 Å². The first kappa shape index (κ1) is 21.0. The highest BCUT2D eigenvalue weighted by molar-refractivity contribution is 7.92. The Morgan fingerprint density at radius 1 is 1.11 bits per heavy atom. The molecule has 27 heavy (non-hydrogen) atoms. The van der Waals surface area contributed by atoms with Crippen molar-refractivity contribution in [3.8, 4) is 0 Å². The van der Waals surface area contributed by atoms with Crippen molar-refractivity contribution < 1.29 is 13.2 Å². The topological polar surface area (TPSA) is 66.5 Å². The van der Waals surface area contributed by atoms with Crippen LogP contribution in [0.4, 0.5) is 5.69 Å². The normalized spacial score (nSPS) is 12.4. The van der Waals surface area contributed by atoms with Gasteiger partial charge in [0.05, 0.1) is 10.6 Å². The van der Waals surface area contributed by atoms with Gasteiger partial charge in [-0.25, -0.2) is 8.42 Å². The first-order chi connectivity index (χ1) is 12.8. The van der Waals surface area contributed by atoms with Crippen molar-refractivity contribution in [2.75, 3.05) is 10.8 Å². The minimum atomic E-state index is -3.86. The molecule has 146 valence electrons. The maximum Gasteiger partial charge on any atom is 0.264 e. The Hall–Kier alpha value is -2.34. The third-order valence-corrected chi connectivity index (χ3v) is 6.15. The van der Waals surface area contributed by atoms with Gasteiger partial charge >= 0.3 is 0 Å². The van der Waals surface area contributed by atoms with Crippen LogP contribution in [-0.4, -0.2) is 26.9 Å². The minimum absolute atomic E-state index is 0.00221. The Balaban J connectivity index is 2.43. The molecule has 0 radical (unpaired) electrons. The Bertz CT molecular complexity index is 880. The lowest BCUT2D eigenvalue weighted by molar-refractivity contribution is -0.120. The molecule has 0 heterocycles. The maximum atomic E-state index is 13.3. The zero-order chi connectivity index (χ0) is 20.0. The van der Waals surface area contributed by atoms with Gasteiger partial charge in [-0.2, -0.15) is 0 Å². The van der Waals surface area contributed by atoms with Crippen molar-refractivity contribution in [1.29, 1.82) is 0 Å². The lowest BCUT2D eigenvalue weighted by Gasteiger charge is -2.26. The molecule has 0 saturated carbocycles. The molecule has 0 bridgehead atoms. The van der Waals surface area contributed by atoms with Gasteiger partial charge in [0.15, 0.2) is 0 Å². The molecule has 0 aliphatic heterocycles. The summed E-state index contributed by atoms with van der Waals surface area (Å²) in [5, 5.41) is 2.89. The zero-order valence-corrected chi connectivity index (χ0v) is 17.2. The number of benzene rings is 2. The van der Waals surface area contributed by atoms with Crippen LogP contribution in [-0.2, 0) is 14.8 Å². The first-order valence-corrected chi connectivity index (χ1v) is 10.6. The van der Waals surface area contributed by atoms with Crippen molar-refractivity contribution in [1.82, 2.24) is 5.32 Å². The number of nitrogens with one attached hydrogen (secondary N) is 1. The summed E-state index contributed by atoms with van der Waals surface area (Å²) in [6.07, 6.45) is 1.80. The Morgan fingerprint density at radius 2 is 1.78 bits per heavy atom. The number of aryl methyl sites for hydroxylation is 2. The van der Waals surface area contributed by atoms with E-state index in [1.54, 1.807) is 36.4 Å². The van der Waals surface area contributed by atoms with Crippen molar-refractivity contribution >= 4 is 21.6 Å². The SMILES string of the molecule is CCC[C@H](C)NC(=O)CN(c1cc(C)ccc1C)S(=O)(=O)c1ccccc1. The molecule has 5 nitrogen and oxygen atoms in total. The minimum Gasteiger partial charge on any atom is -0.352 e. The van der Waals surface area contributed by atoms with E-state index in [9.17, 15) is 13.2 Å². The van der Waals surface area contributed by atoms with Crippen LogP contribution in [0.25, 0.3) is 0 Å². The molecule has 0 aromatic heterocycles. The molecule has 2 aromatic carbocycles. The van der Waals surface area contributed by atoms with Gasteiger partial charge in [0, 0.05) is 6.04 Å². The smallest absolute Gasteiger partial charge is 0.264 e. The lowest BCUT2D eigenvalue weighted by atomic mass is 10.1. The van der Waals surface area contributed by atoms with Crippen LogP contribution >= 0.6 is 0 Å². The van der Waals surface area contributed by atoms with Crippen LogP contribution in [0.2, 0.25) is 0 Å². The standard InChI is InChI=1S/C21H28N2O3S/c1-5-9-18(4)22-21(24)15-23(20-14-16(2)12-13-17(20)3)27(25,26)19-10-7-6-8-11-19/h6-8,10-14,18H,5,9,15H2,1-4H3,(H,22,24)/t18-/m0/s1. The van der Waals surface area contributed by atoms with Crippen LogP contribution in [0.15, 0.2) is 53.4 Å². The monoisotopic (exact) mass is 388 g/mol. The Morgan fingerprint density at radius 3 is 2.41 bits per heavy atom. The van der Waals surface area contributed by atoms with Gasteiger partial charge in [0.2, 0.25) is 5.91 Å². The number of amides is 1. The third-order valence-electron chi connectivity index (χ3n) is 4.38. The van der Waals surface area contributed by atoms with E-state index >= 15 is 0 Å². The summed E-state index contributed by atoms with van der Waals surface area (Å²) < 4.78 is 27.8. The van der Waals surface area contributed by atoms with E-state index in [1.807, 2.05) is 39.8 Å². The third kappa shape index (κ3) is 5.32. The quantitative estimate of drug-likeness (QED) is 0.748. The second-order valence-electron chi connectivity index (χ2n) is 6.87. The number of carbonyl (C=O) groups excluding carboxylic acids is 1. The highest BCUT2D eigenvalue weighted by Crippen LogP contribution is 2.27. The van der Waals surface area contributed by atoms with Crippen molar-refractivity contribution in [3.63, 3.8) is 0 Å². The van der Waals surface area contributed by atoms with E-state index in [0.717, 1.165) is 24.0 Å². The van der Waals surface area contributed by atoms with Crippen LogP contribution in [0.1, 0.15) is 37.8 Å². The molecule has 0 saturated heterocycles. The fourth-order valence-electron chi connectivity index (χ4n) is 2.96. The molecule has 6 heteroatoms. The number of carbonyl (C=O) groups is 1. The summed E-state index contributed by atoms with van der Waals surface area (Å²) in [6, 6.07) is 13.8. The molecule has 0 fully saturated rings. The summed E-state index contributed by atoms with van der Waals surface area (Å²) in [7, 11) is -3.86. The predicted octanol–water partition coefficient (Wildman–Crippen LogP) is 3.80. The molecule has 0 aliphatic rings. The molecule has 0 spiro atoms. The first-order valence-electron chi connectivity index (χ1n) is 9.20. The van der Waals surface area contributed by atoms with E-state index in [-0.39, 0.29) is 23.4 Å². The van der Waals surface area contributed by atoms with Gasteiger partial charge in [-0.05, 0) is 56.5 Å². The van der Waals surface area contributed by atoms with Crippen molar-refractivity contribution in [3.05, 3.63) is 59.7 Å². The molecule has 1 atom stereocenters. The molecular formula is C21H28N2O3S. The average molecular weight is 389 g/mol. The molecule has 2 rings (SSSR count). The summed E-state index contributed by atoms with van der Waals surface area (Å²) in [5.41, 5.74) is 2.26. The largest absolute Gasteiger partial charge is 0.352 e. The molecule has 2 aromatic rings. The van der Waals surface area contributed by atoms with E-state index in [0.29, 0.717) is 5.69 Å². The van der Waals surface area contributed by atoms with E-state index in [4.69, 9.17) is 0 Å². The fraction of sp³-hybridized carbons (Fsp3) is 0.381. The van der Waals surface area contributed by atoms with Gasteiger partial charge in [-0.1, -0.05) is 43.7 Å². The highest BCUT2D eigenvalue weighted by atomic mass is 32.2. The fourth-order valence-corrected chi connectivity index (χ4v) is 4.46. The molecule has 1 amide bonds. The van der Waals surface area contributed by atoms with Crippen LogP contribution < -0.4 is 9.62 Å². The van der Waals surface area contributed by atoms with Gasteiger partial charge in [-0.3, -0.25) is 9.10 Å². The van der Waals surface area contributed by atoms with Gasteiger partial charge in [0.1, 0.15) is 6.54 Å². The van der Waals surface area contributed by atoms with E-state index in [1.165, 1.54) is 4.31 Å². The number of nitrogens with zero attached hydrogens (tertiary/aromatic N) is 1. The van der Waals surface area contributed by atoms with E-state index < -0.39 is 10.0 Å². The zero-order valence-electron chi connectivity index (χ0n) is 16.4. The Kier molecular flexibility index (Phi) is 7.02. The van der Waals surface area contributed by atoms with Gasteiger partial charge < -0.3 is 5.32 Å². The predicted molar refractivity (Wildman–Crippen MR) is 109 cm³/mol. The van der Waals surface area contributed by atoms with Gasteiger partial charge in [0.25, 0.3) is 10.0 Å². The highest BCUT2D eigenvalue weighted by Gasteiger charge is 2.28. The van der Waals surface area contributed by atoms with Crippen molar-refractivity contribution in [2.24, 2.45) is 0 Å². The second kappa shape index (κ2) is 9.04. The Labute approximate surface area is 162 Å². The number of anilines is 1. The number of rotatable bonds is 8. The number of sulfonamides is 1. The number of hydrogen-bond donors (Lipinski definition) is 1. The average Bonchev–Trinajstić information content (AvgIpc) is 2.62. The van der Waals surface area contributed by atoms with Crippen LogP contribution in [0.5, 0.6) is 0 Å². The second-order valence-corrected chi connectivity index (χ2v) is 8.73. The van der Waals surface area contributed by atoms with Gasteiger partial charge in [-0.15, -0.1) is 0 Å². The van der Waals surface area contributed by atoms with E-state index in [2.05, 4.69) is 5.32 Å². The molecular weight excluding hydrogens is 360 g/mol. The van der Waals surface area contributed by atoms with Crippen LogP contribution in [0, 0.1) is 13.8 Å². The lowest BCUT2D eigenvalue weighted by Crippen LogP contribution is -2.43. The summed E-state index contributed by atoms with van der Waals surface area (Å²) in [6.45, 7) is 7.47. The number of hydrogen-bond acceptors (Lipinski definition) is 3. The molecule has 1 N–H and O–H groups in total. The maximum absolute atomic E-state index is 13.3. The van der Waals surface area contributed by atoms with Crippen molar-refractivity contribution in [2.45, 2.75) is 51.5 Å². The summed E-state index contributed by atoms with van der Waals surface area (Å²) in [5.74, 6) is -0.309. The molecule has 0 aliphatic carbocycles. The summed E-state index contributed by atoms with van der Waals surface area (Å²) >= 11 is 0. The molecule has 0 unspecified atom stereocenters. The summed E-state index contributed by atoms with van der Waals surface area (Å²) in [4.78, 5) is 12.7.